The zero-order valence-corrected chi connectivity index (χ0v) is 10.8. The van der Waals surface area contributed by atoms with Crippen molar-refractivity contribution >= 4 is 21.8 Å². The Morgan fingerprint density at radius 2 is 2.47 bits per heavy atom. The highest BCUT2D eigenvalue weighted by molar-refractivity contribution is 9.10. The number of halogens is 1. The SMILES string of the molecule is NC(=O)c1ccc(Br)c(OCC2CCCO2)n1. The van der Waals surface area contributed by atoms with Gasteiger partial charge < -0.3 is 15.2 Å². The van der Waals surface area contributed by atoms with Gasteiger partial charge >= 0.3 is 0 Å². The summed E-state index contributed by atoms with van der Waals surface area (Å²) in [6.45, 7) is 1.22. The molecule has 92 valence electrons. The molecule has 2 rings (SSSR count). The number of hydrogen-bond donors (Lipinski definition) is 1. The van der Waals surface area contributed by atoms with Crippen molar-refractivity contribution < 1.29 is 14.3 Å². The molecule has 2 heterocycles. The predicted molar refractivity (Wildman–Crippen MR) is 64.9 cm³/mol. The van der Waals surface area contributed by atoms with Crippen molar-refractivity contribution in [3.05, 3.63) is 22.3 Å². The lowest BCUT2D eigenvalue weighted by Crippen LogP contribution is -2.18. The lowest BCUT2D eigenvalue weighted by molar-refractivity contribution is 0.0659. The van der Waals surface area contributed by atoms with Gasteiger partial charge in [-0.15, -0.1) is 0 Å². The van der Waals surface area contributed by atoms with Gasteiger partial charge in [-0.2, -0.15) is 0 Å². The molecule has 0 spiro atoms. The second-order valence-electron chi connectivity index (χ2n) is 3.79. The Hall–Kier alpha value is -1.14. The molecule has 1 atom stereocenters. The van der Waals surface area contributed by atoms with Crippen LogP contribution in [0.25, 0.3) is 0 Å². The molecule has 1 amide bonds. The van der Waals surface area contributed by atoms with Crippen LogP contribution < -0.4 is 10.5 Å². The van der Waals surface area contributed by atoms with Crippen LogP contribution in [0.3, 0.4) is 0 Å². The molecule has 1 saturated heterocycles. The first kappa shape index (κ1) is 12.3. The first-order valence-electron chi connectivity index (χ1n) is 5.37. The van der Waals surface area contributed by atoms with E-state index in [1.165, 1.54) is 0 Å². The van der Waals surface area contributed by atoms with Crippen molar-refractivity contribution in [2.24, 2.45) is 5.73 Å². The molecule has 0 bridgehead atoms. The third-order valence-corrected chi connectivity index (χ3v) is 3.10. The summed E-state index contributed by atoms with van der Waals surface area (Å²) in [6.07, 6.45) is 2.16. The van der Waals surface area contributed by atoms with E-state index >= 15 is 0 Å². The minimum absolute atomic E-state index is 0.112. The largest absolute Gasteiger partial charge is 0.474 e. The van der Waals surface area contributed by atoms with E-state index in [9.17, 15) is 4.79 Å². The molecule has 1 unspecified atom stereocenters. The maximum atomic E-state index is 11.0. The molecular formula is C11H13BrN2O3. The summed E-state index contributed by atoms with van der Waals surface area (Å²) in [7, 11) is 0. The van der Waals surface area contributed by atoms with E-state index in [1.807, 2.05) is 0 Å². The topological polar surface area (TPSA) is 74.4 Å². The number of rotatable bonds is 4. The maximum absolute atomic E-state index is 11.0. The molecule has 0 saturated carbocycles. The van der Waals surface area contributed by atoms with Crippen LogP contribution >= 0.6 is 15.9 Å². The summed E-state index contributed by atoms with van der Waals surface area (Å²) in [6, 6.07) is 3.24. The minimum Gasteiger partial charge on any atom is -0.474 e. The van der Waals surface area contributed by atoms with Crippen molar-refractivity contribution in [1.82, 2.24) is 4.98 Å². The van der Waals surface area contributed by atoms with E-state index in [4.69, 9.17) is 15.2 Å². The number of primary amides is 1. The molecule has 1 aliphatic rings. The molecule has 2 N–H and O–H groups in total. The number of ether oxygens (including phenoxy) is 2. The number of nitrogens with two attached hydrogens (primary N) is 1. The molecule has 0 radical (unpaired) electrons. The van der Waals surface area contributed by atoms with Gasteiger partial charge in [-0.1, -0.05) is 0 Å². The standard InChI is InChI=1S/C11H13BrN2O3/c12-8-3-4-9(10(13)15)14-11(8)17-6-7-2-1-5-16-7/h3-4,7H,1-2,5-6H2,(H2,13,15). The predicted octanol–water partition coefficient (Wildman–Crippen LogP) is 1.50. The zero-order valence-electron chi connectivity index (χ0n) is 9.19. The lowest BCUT2D eigenvalue weighted by Gasteiger charge is -2.12. The summed E-state index contributed by atoms with van der Waals surface area (Å²) in [5.41, 5.74) is 5.34. The van der Waals surface area contributed by atoms with Crippen LogP contribution in [-0.4, -0.2) is 30.2 Å². The Morgan fingerprint density at radius 1 is 1.65 bits per heavy atom. The molecule has 6 heteroatoms. The van der Waals surface area contributed by atoms with Gasteiger partial charge in [0.25, 0.3) is 5.91 Å². The van der Waals surface area contributed by atoms with Crippen LogP contribution in [0, 0.1) is 0 Å². The molecule has 1 aromatic heterocycles. The number of aromatic nitrogens is 1. The van der Waals surface area contributed by atoms with Gasteiger partial charge in [0.1, 0.15) is 12.3 Å². The lowest BCUT2D eigenvalue weighted by atomic mass is 10.2. The monoisotopic (exact) mass is 300 g/mol. The van der Waals surface area contributed by atoms with E-state index in [2.05, 4.69) is 20.9 Å². The van der Waals surface area contributed by atoms with E-state index in [1.54, 1.807) is 12.1 Å². The van der Waals surface area contributed by atoms with Crippen molar-refractivity contribution in [3.63, 3.8) is 0 Å². The quantitative estimate of drug-likeness (QED) is 0.914. The third-order valence-electron chi connectivity index (χ3n) is 2.50. The first-order chi connectivity index (χ1) is 8.16. The van der Waals surface area contributed by atoms with Gasteiger partial charge in [-0.05, 0) is 40.9 Å². The Labute approximate surface area is 107 Å². The summed E-state index contributed by atoms with van der Waals surface area (Å²) in [5.74, 6) is -0.198. The fraction of sp³-hybridized carbons (Fsp3) is 0.455. The maximum Gasteiger partial charge on any atom is 0.267 e. The average Bonchev–Trinajstić information content (AvgIpc) is 2.80. The third kappa shape index (κ3) is 3.17. The number of hydrogen-bond acceptors (Lipinski definition) is 4. The van der Waals surface area contributed by atoms with E-state index in [0.717, 1.165) is 19.4 Å². The van der Waals surface area contributed by atoms with Crippen molar-refractivity contribution in [2.75, 3.05) is 13.2 Å². The van der Waals surface area contributed by atoms with Crippen molar-refractivity contribution in [3.8, 4) is 5.88 Å². The molecule has 0 aliphatic carbocycles. The van der Waals surface area contributed by atoms with Gasteiger partial charge in [0.2, 0.25) is 5.88 Å². The Balaban J connectivity index is 2.03. The van der Waals surface area contributed by atoms with Crippen LogP contribution in [0.5, 0.6) is 5.88 Å². The van der Waals surface area contributed by atoms with E-state index < -0.39 is 5.91 Å². The molecule has 17 heavy (non-hydrogen) atoms. The number of nitrogens with zero attached hydrogens (tertiary/aromatic N) is 1. The number of carbonyl (C=O) groups is 1. The van der Waals surface area contributed by atoms with Crippen LogP contribution in [0.4, 0.5) is 0 Å². The highest BCUT2D eigenvalue weighted by atomic mass is 79.9. The Kier molecular flexibility index (Phi) is 3.96. The molecule has 5 nitrogen and oxygen atoms in total. The fourth-order valence-corrected chi connectivity index (χ4v) is 1.94. The van der Waals surface area contributed by atoms with Crippen molar-refractivity contribution in [2.45, 2.75) is 18.9 Å². The number of amides is 1. The summed E-state index contributed by atoms with van der Waals surface area (Å²) in [5, 5.41) is 0. The van der Waals surface area contributed by atoms with Gasteiger partial charge in [-0.25, -0.2) is 4.98 Å². The zero-order chi connectivity index (χ0) is 12.3. The Morgan fingerprint density at radius 3 is 3.12 bits per heavy atom. The second-order valence-corrected chi connectivity index (χ2v) is 4.65. The summed E-state index contributed by atoms with van der Waals surface area (Å²) >= 11 is 3.31. The second kappa shape index (κ2) is 5.46. The number of carbonyl (C=O) groups excluding carboxylic acids is 1. The van der Waals surface area contributed by atoms with Crippen LogP contribution in [0.1, 0.15) is 23.3 Å². The van der Waals surface area contributed by atoms with Crippen LogP contribution in [-0.2, 0) is 4.74 Å². The smallest absolute Gasteiger partial charge is 0.267 e. The highest BCUT2D eigenvalue weighted by Crippen LogP contribution is 2.23. The van der Waals surface area contributed by atoms with E-state index in [-0.39, 0.29) is 11.8 Å². The minimum atomic E-state index is -0.570. The molecule has 1 aromatic rings. The fourth-order valence-electron chi connectivity index (χ4n) is 1.61. The molecule has 0 aromatic carbocycles. The highest BCUT2D eigenvalue weighted by Gasteiger charge is 2.17. The van der Waals surface area contributed by atoms with Gasteiger partial charge in [0, 0.05) is 6.61 Å². The number of pyridine rings is 1. The first-order valence-corrected chi connectivity index (χ1v) is 6.17. The average molecular weight is 301 g/mol. The molecule has 1 aliphatic heterocycles. The van der Waals surface area contributed by atoms with Gasteiger partial charge in [-0.3, -0.25) is 4.79 Å². The van der Waals surface area contributed by atoms with Crippen molar-refractivity contribution in [1.29, 1.82) is 0 Å². The van der Waals surface area contributed by atoms with Crippen LogP contribution in [0.15, 0.2) is 16.6 Å². The summed E-state index contributed by atoms with van der Waals surface area (Å²) < 4.78 is 11.6. The van der Waals surface area contributed by atoms with Gasteiger partial charge in [0.05, 0.1) is 10.6 Å². The normalized spacial score (nSPS) is 19.2. The van der Waals surface area contributed by atoms with Crippen LogP contribution in [0.2, 0.25) is 0 Å². The van der Waals surface area contributed by atoms with E-state index in [0.29, 0.717) is 17.0 Å². The van der Waals surface area contributed by atoms with Gasteiger partial charge in [0.15, 0.2) is 0 Å². The molecule has 1 fully saturated rings. The molecular weight excluding hydrogens is 288 g/mol. The Bertz CT molecular complexity index is 419. The summed E-state index contributed by atoms with van der Waals surface area (Å²) in [4.78, 5) is 15.0.